The maximum absolute atomic E-state index is 12.5. The van der Waals surface area contributed by atoms with Crippen LogP contribution in [0.4, 0.5) is 5.13 Å². The van der Waals surface area contributed by atoms with E-state index in [-0.39, 0.29) is 5.91 Å². The third kappa shape index (κ3) is 3.36. The van der Waals surface area contributed by atoms with E-state index in [9.17, 15) is 4.79 Å². The van der Waals surface area contributed by atoms with Crippen LogP contribution in [-0.2, 0) is 0 Å². The Bertz CT molecular complexity index is 913. The summed E-state index contributed by atoms with van der Waals surface area (Å²) in [6.07, 6.45) is 0. The lowest BCUT2D eigenvalue weighted by Gasteiger charge is -2.09. The van der Waals surface area contributed by atoms with Crippen molar-refractivity contribution in [3.8, 4) is 23.0 Å². The van der Waals surface area contributed by atoms with E-state index in [1.807, 2.05) is 6.07 Å². The lowest BCUT2D eigenvalue weighted by atomic mass is 10.2. The fourth-order valence-corrected chi connectivity index (χ4v) is 3.33. The Hall–Kier alpha value is -3.00. The average Bonchev–Trinajstić information content (AvgIpc) is 3.06. The van der Waals surface area contributed by atoms with Gasteiger partial charge < -0.3 is 18.9 Å². The summed E-state index contributed by atoms with van der Waals surface area (Å²) in [6.45, 7) is 0. The van der Waals surface area contributed by atoms with Crippen molar-refractivity contribution >= 4 is 32.6 Å². The summed E-state index contributed by atoms with van der Waals surface area (Å²) in [6, 6.07) is 8.57. The van der Waals surface area contributed by atoms with Crippen molar-refractivity contribution in [3.63, 3.8) is 0 Å². The van der Waals surface area contributed by atoms with E-state index in [0.717, 1.165) is 10.2 Å². The predicted octanol–water partition coefficient (Wildman–Crippen LogP) is 3.58. The minimum absolute atomic E-state index is 0.288. The van der Waals surface area contributed by atoms with Crippen molar-refractivity contribution in [3.05, 3.63) is 35.9 Å². The van der Waals surface area contributed by atoms with Gasteiger partial charge in [-0.25, -0.2) is 4.98 Å². The van der Waals surface area contributed by atoms with Gasteiger partial charge in [-0.2, -0.15) is 0 Å². The van der Waals surface area contributed by atoms with Crippen LogP contribution in [0.5, 0.6) is 23.0 Å². The Morgan fingerprint density at radius 1 is 0.885 bits per heavy atom. The molecule has 8 heteroatoms. The molecule has 0 aliphatic heterocycles. The van der Waals surface area contributed by atoms with Crippen LogP contribution < -0.4 is 24.3 Å². The van der Waals surface area contributed by atoms with Gasteiger partial charge in [-0.3, -0.25) is 10.1 Å². The Labute approximate surface area is 154 Å². The molecule has 0 unspecified atom stereocenters. The number of amides is 1. The first kappa shape index (κ1) is 17.8. The molecule has 0 bridgehead atoms. The molecule has 7 nitrogen and oxygen atoms in total. The van der Waals surface area contributed by atoms with Gasteiger partial charge in [0, 0.05) is 17.7 Å². The Morgan fingerprint density at radius 2 is 1.50 bits per heavy atom. The molecule has 136 valence electrons. The first-order chi connectivity index (χ1) is 12.6. The second-order valence-electron chi connectivity index (χ2n) is 5.22. The molecule has 3 rings (SSSR count). The van der Waals surface area contributed by atoms with E-state index in [1.54, 1.807) is 45.6 Å². The van der Waals surface area contributed by atoms with E-state index in [4.69, 9.17) is 18.9 Å². The maximum Gasteiger partial charge on any atom is 0.257 e. The summed E-state index contributed by atoms with van der Waals surface area (Å²) in [4.78, 5) is 16.9. The first-order valence-corrected chi connectivity index (χ1v) is 8.47. The molecule has 3 aromatic rings. The molecule has 1 heterocycles. The normalized spacial score (nSPS) is 10.5. The largest absolute Gasteiger partial charge is 0.493 e. The topological polar surface area (TPSA) is 78.9 Å². The van der Waals surface area contributed by atoms with Gasteiger partial charge in [-0.05, 0) is 18.2 Å². The van der Waals surface area contributed by atoms with Crippen molar-refractivity contribution in [1.29, 1.82) is 0 Å². The highest BCUT2D eigenvalue weighted by Gasteiger charge is 2.15. The zero-order valence-corrected chi connectivity index (χ0v) is 15.6. The monoisotopic (exact) mass is 374 g/mol. The zero-order chi connectivity index (χ0) is 18.7. The van der Waals surface area contributed by atoms with Crippen LogP contribution in [0, 0.1) is 0 Å². The van der Waals surface area contributed by atoms with Gasteiger partial charge in [-0.1, -0.05) is 11.3 Å². The standard InChI is InChI=1S/C18H18N2O5S/c1-22-12-6-5-10(7-13(12)23-2)17(21)20-18-19-11-8-14(24-3)15(25-4)9-16(11)26-18/h5-9H,1-4H3,(H,19,20,21). The lowest BCUT2D eigenvalue weighted by Crippen LogP contribution is -2.11. The van der Waals surface area contributed by atoms with E-state index in [2.05, 4.69) is 10.3 Å². The number of carbonyl (C=O) groups excluding carboxylic acids is 1. The van der Waals surface area contributed by atoms with Crippen molar-refractivity contribution < 1.29 is 23.7 Å². The molecule has 0 radical (unpaired) electrons. The van der Waals surface area contributed by atoms with Crippen LogP contribution in [0.3, 0.4) is 0 Å². The van der Waals surface area contributed by atoms with Crippen molar-refractivity contribution in [2.45, 2.75) is 0 Å². The molecule has 0 atom stereocenters. The molecule has 0 aliphatic carbocycles. The Kier molecular flexibility index (Phi) is 5.13. The second-order valence-corrected chi connectivity index (χ2v) is 6.25. The van der Waals surface area contributed by atoms with Gasteiger partial charge in [0.1, 0.15) is 0 Å². The van der Waals surface area contributed by atoms with Gasteiger partial charge in [0.05, 0.1) is 38.7 Å². The van der Waals surface area contributed by atoms with Crippen LogP contribution in [0.1, 0.15) is 10.4 Å². The third-order valence-electron chi connectivity index (χ3n) is 3.76. The Balaban J connectivity index is 1.87. The van der Waals surface area contributed by atoms with Crippen LogP contribution in [0.15, 0.2) is 30.3 Å². The molecule has 0 saturated carbocycles. The number of carbonyl (C=O) groups is 1. The van der Waals surface area contributed by atoms with E-state index in [1.165, 1.54) is 18.4 Å². The summed E-state index contributed by atoms with van der Waals surface area (Å²) < 4.78 is 21.9. The number of hydrogen-bond acceptors (Lipinski definition) is 7. The highest BCUT2D eigenvalue weighted by molar-refractivity contribution is 7.22. The van der Waals surface area contributed by atoms with Crippen molar-refractivity contribution in [1.82, 2.24) is 4.98 Å². The number of ether oxygens (including phenoxy) is 4. The second kappa shape index (κ2) is 7.49. The number of thiazole rings is 1. The summed E-state index contributed by atoms with van der Waals surface area (Å²) in [5.74, 6) is 1.95. The van der Waals surface area contributed by atoms with Gasteiger partial charge in [0.2, 0.25) is 0 Å². The lowest BCUT2D eigenvalue weighted by molar-refractivity contribution is 0.102. The molecule has 0 fully saturated rings. The predicted molar refractivity (Wildman–Crippen MR) is 100 cm³/mol. The molecule has 0 aliphatic rings. The zero-order valence-electron chi connectivity index (χ0n) is 14.8. The number of methoxy groups -OCH3 is 4. The smallest absolute Gasteiger partial charge is 0.257 e. The fourth-order valence-electron chi connectivity index (χ4n) is 2.46. The number of benzene rings is 2. The van der Waals surface area contributed by atoms with E-state index >= 15 is 0 Å². The van der Waals surface area contributed by atoms with E-state index in [0.29, 0.717) is 33.7 Å². The molecule has 1 amide bonds. The van der Waals surface area contributed by atoms with Crippen molar-refractivity contribution in [2.24, 2.45) is 0 Å². The number of rotatable bonds is 6. The number of nitrogens with one attached hydrogen (secondary N) is 1. The number of fused-ring (bicyclic) bond motifs is 1. The minimum atomic E-state index is -0.288. The Morgan fingerprint density at radius 3 is 2.15 bits per heavy atom. The molecule has 0 spiro atoms. The van der Waals surface area contributed by atoms with Gasteiger partial charge in [0.25, 0.3) is 5.91 Å². The highest BCUT2D eigenvalue weighted by atomic mass is 32.1. The first-order valence-electron chi connectivity index (χ1n) is 7.65. The molecule has 0 saturated heterocycles. The maximum atomic E-state index is 12.5. The van der Waals surface area contributed by atoms with Gasteiger partial charge in [0.15, 0.2) is 28.1 Å². The third-order valence-corrected chi connectivity index (χ3v) is 4.69. The van der Waals surface area contributed by atoms with E-state index < -0.39 is 0 Å². The molecular weight excluding hydrogens is 356 g/mol. The van der Waals surface area contributed by atoms with Crippen LogP contribution in [0.2, 0.25) is 0 Å². The van der Waals surface area contributed by atoms with Gasteiger partial charge >= 0.3 is 0 Å². The number of hydrogen-bond donors (Lipinski definition) is 1. The van der Waals surface area contributed by atoms with Gasteiger partial charge in [-0.15, -0.1) is 0 Å². The summed E-state index contributed by atoms with van der Waals surface area (Å²) in [5.41, 5.74) is 1.16. The number of aromatic nitrogens is 1. The quantitative estimate of drug-likeness (QED) is 0.710. The summed E-state index contributed by atoms with van der Waals surface area (Å²) >= 11 is 1.35. The van der Waals surface area contributed by atoms with Crippen LogP contribution in [0.25, 0.3) is 10.2 Å². The number of anilines is 1. The SMILES string of the molecule is COc1ccc(C(=O)Nc2nc3cc(OC)c(OC)cc3s2)cc1OC. The minimum Gasteiger partial charge on any atom is -0.493 e. The highest BCUT2D eigenvalue weighted by Crippen LogP contribution is 2.36. The molecule has 26 heavy (non-hydrogen) atoms. The van der Waals surface area contributed by atoms with Crippen LogP contribution in [-0.4, -0.2) is 39.3 Å². The fraction of sp³-hybridized carbons (Fsp3) is 0.222. The molecule has 2 aromatic carbocycles. The van der Waals surface area contributed by atoms with Crippen LogP contribution >= 0.6 is 11.3 Å². The summed E-state index contributed by atoms with van der Waals surface area (Å²) in [5, 5.41) is 3.28. The molecule has 1 aromatic heterocycles. The average molecular weight is 374 g/mol. The summed E-state index contributed by atoms with van der Waals surface area (Å²) in [7, 11) is 6.20. The molecular formula is C18H18N2O5S. The van der Waals surface area contributed by atoms with Crippen molar-refractivity contribution in [2.75, 3.05) is 33.8 Å². The number of nitrogens with zero attached hydrogens (tertiary/aromatic N) is 1. The molecule has 1 N–H and O–H groups in total.